The molecule has 2 aromatic carbocycles. The summed E-state index contributed by atoms with van der Waals surface area (Å²) >= 11 is 0. The summed E-state index contributed by atoms with van der Waals surface area (Å²) in [6, 6.07) is 20.4. The van der Waals surface area contributed by atoms with Crippen LogP contribution in [0.4, 0.5) is 0 Å². The largest absolute Gasteiger partial charge is 0.512 e. The third kappa shape index (κ3) is 9.99. The van der Waals surface area contributed by atoms with Crippen molar-refractivity contribution in [1.82, 2.24) is 9.97 Å². The smallest absolute Gasteiger partial charge is 0.162 e. The third-order valence-corrected chi connectivity index (χ3v) is 9.17. The van der Waals surface area contributed by atoms with E-state index < -0.39 is 0 Å². The first-order valence-electron chi connectivity index (χ1n) is 17.6. The number of carbonyl (C=O) groups is 1. The van der Waals surface area contributed by atoms with E-state index in [9.17, 15) is 9.90 Å². The molecule has 0 aliphatic heterocycles. The van der Waals surface area contributed by atoms with Crippen LogP contribution in [0.1, 0.15) is 99.1 Å². The molecule has 49 heavy (non-hydrogen) atoms. The normalized spacial score (nSPS) is 12.0. The maximum Gasteiger partial charge on any atom is 0.162 e. The van der Waals surface area contributed by atoms with Crippen molar-refractivity contribution < 1.29 is 34.4 Å². The molecule has 1 radical (unpaired) electrons. The number of nitrogens with zero attached hydrogens (tertiary/aromatic N) is 2. The van der Waals surface area contributed by atoms with E-state index in [1.54, 1.807) is 0 Å². The molecule has 0 aliphatic rings. The number of rotatable bonds is 11. The van der Waals surface area contributed by atoms with Gasteiger partial charge in [-0.05, 0) is 55.1 Å². The van der Waals surface area contributed by atoms with Crippen molar-refractivity contribution in [3.05, 3.63) is 96.2 Å². The Morgan fingerprint density at radius 2 is 1.57 bits per heavy atom. The summed E-state index contributed by atoms with van der Waals surface area (Å²) in [6.07, 6.45) is 11.5. The van der Waals surface area contributed by atoms with Crippen molar-refractivity contribution in [2.24, 2.45) is 17.8 Å². The van der Waals surface area contributed by atoms with Crippen LogP contribution in [-0.2, 0) is 36.7 Å². The van der Waals surface area contributed by atoms with Crippen molar-refractivity contribution in [3.8, 4) is 22.5 Å². The SMILES string of the molecule is CC(C)Cc1coc2cc(-c3ccnc(-c4[c-]c5ccccc5c(C(C)(C)C)c4)c3)ncc12.CCC(CC)C(=O)/C=C(\O)C(CC)CC.[Ir]. The molecule has 0 fully saturated rings. The van der Waals surface area contributed by atoms with Crippen molar-refractivity contribution >= 4 is 27.5 Å². The van der Waals surface area contributed by atoms with Crippen LogP contribution in [-0.4, -0.2) is 20.9 Å². The molecule has 0 saturated carbocycles. The first-order valence-corrected chi connectivity index (χ1v) is 17.6. The van der Waals surface area contributed by atoms with Gasteiger partial charge in [-0.3, -0.25) is 14.8 Å². The first-order chi connectivity index (χ1) is 22.9. The Balaban J connectivity index is 0.000000347. The van der Waals surface area contributed by atoms with Gasteiger partial charge in [0.05, 0.1) is 17.7 Å². The molecule has 0 unspecified atom stereocenters. The van der Waals surface area contributed by atoms with Crippen LogP contribution >= 0.6 is 0 Å². The number of pyridine rings is 2. The van der Waals surface area contributed by atoms with Gasteiger partial charge >= 0.3 is 0 Å². The molecular weight excluding hydrogens is 785 g/mol. The van der Waals surface area contributed by atoms with Gasteiger partial charge in [-0.1, -0.05) is 97.5 Å². The number of allylic oxidation sites excluding steroid dienone is 2. The molecule has 0 spiro atoms. The van der Waals surface area contributed by atoms with Gasteiger partial charge in [-0.15, -0.1) is 29.1 Å². The first kappa shape index (κ1) is 39.8. The molecule has 0 bridgehead atoms. The summed E-state index contributed by atoms with van der Waals surface area (Å²) in [4.78, 5) is 21.2. The topological polar surface area (TPSA) is 76.2 Å². The molecule has 263 valence electrons. The van der Waals surface area contributed by atoms with E-state index in [4.69, 9.17) is 9.40 Å². The number of hydrogen-bond donors (Lipinski definition) is 1. The number of furan rings is 1. The van der Waals surface area contributed by atoms with Gasteiger partial charge in [-0.2, -0.15) is 0 Å². The number of aromatic nitrogens is 2. The summed E-state index contributed by atoms with van der Waals surface area (Å²) in [5.74, 6) is 1.12. The Morgan fingerprint density at radius 3 is 2.20 bits per heavy atom. The molecule has 1 N–H and O–H groups in total. The molecule has 0 aliphatic carbocycles. The molecule has 0 amide bonds. The summed E-state index contributed by atoms with van der Waals surface area (Å²) in [5, 5.41) is 13.2. The van der Waals surface area contributed by atoms with Gasteiger partial charge in [0.1, 0.15) is 5.58 Å². The Morgan fingerprint density at radius 1 is 0.898 bits per heavy atom. The Bertz CT molecular complexity index is 1860. The van der Waals surface area contributed by atoms with E-state index in [-0.39, 0.29) is 48.9 Å². The Kier molecular flexibility index (Phi) is 14.5. The molecule has 5 nitrogen and oxygen atoms in total. The number of aliphatic hydroxyl groups is 1. The van der Waals surface area contributed by atoms with Crippen LogP contribution in [0.2, 0.25) is 0 Å². The van der Waals surface area contributed by atoms with E-state index >= 15 is 0 Å². The molecule has 0 saturated heterocycles. The predicted molar refractivity (Wildman–Crippen MR) is 200 cm³/mol. The number of hydrogen-bond acceptors (Lipinski definition) is 5. The monoisotopic (exact) mass is 838 g/mol. The quantitative estimate of drug-likeness (QED) is 0.0815. The zero-order chi connectivity index (χ0) is 35.0. The fourth-order valence-corrected chi connectivity index (χ4v) is 6.23. The van der Waals surface area contributed by atoms with Crippen molar-refractivity contribution in [2.45, 2.75) is 99.8 Å². The molecule has 0 atom stereocenters. The zero-order valence-corrected chi connectivity index (χ0v) is 33.1. The van der Waals surface area contributed by atoms with E-state index in [0.29, 0.717) is 5.92 Å². The number of carbonyl (C=O) groups excluding carboxylic acids is 1. The molecule has 6 heteroatoms. The average molecular weight is 838 g/mol. The zero-order valence-electron chi connectivity index (χ0n) is 30.7. The van der Waals surface area contributed by atoms with Crippen LogP contribution in [0.5, 0.6) is 0 Å². The average Bonchev–Trinajstić information content (AvgIpc) is 3.46. The minimum absolute atomic E-state index is 0. The number of aliphatic hydroxyl groups excluding tert-OH is 1. The number of ketones is 1. The molecule has 3 heterocycles. The molecule has 3 aromatic heterocycles. The fourth-order valence-electron chi connectivity index (χ4n) is 6.23. The van der Waals surface area contributed by atoms with E-state index in [2.05, 4.69) is 82.1 Å². The Labute approximate surface area is 307 Å². The van der Waals surface area contributed by atoms with Crippen molar-refractivity contribution in [1.29, 1.82) is 0 Å². The third-order valence-electron chi connectivity index (χ3n) is 9.17. The summed E-state index contributed by atoms with van der Waals surface area (Å²) < 4.78 is 5.87. The molecule has 5 rings (SSSR count). The second-order valence-corrected chi connectivity index (χ2v) is 14.2. The molecule has 5 aromatic rings. The predicted octanol–water partition coefficient (Wildman–Crippen LogP) is 11.9. The van der Waals surface area contributed by atoms with Crippen LogP contribution in [0.3, 0.4) is 0 Å². The standard InChI is InChI=1S/C30H29N2O.C13H24O2.Ir/c1-19(2)12-23-18-33-29-16-28(32-17-25(23)29)21-10-11-31-27(15-21)22-13-20-8-6-7-9-24(20)26(14-22)30(3,4)5;1-5-10(6-2)12(14)9-13(15)11(7-3)8-4;/h6-11,14-19H,12H2,1-5H3;9-11,14H,5-8H2,1-4H3;/q-1;;/b;12-9-;. The number of benzene rings is 2. The van der Waals surface area contributed by atoms with Crippen LogP contribution in [0, 0.1) is 23.8 Å². The maximum absolute atomic E-state index is 11.7. The van der Waals surface area contributed by atoms with Crippen LogP contribution in [0.25, 0.3) is 44.3 Å². The van der Waals surface area contributed by atoms with E-state index in [1.165, 1.54) is 22.6 Å². The fraction of sp³-hybridized carbons (Fsp3) is 0.419. The minimum Gasteiger partial charge on any atom is -0.512 e. The molecular formula is C43H53IrN2O3-. The van der Waals surface area contributed by atoms with Gasteiger partial charge in [-0.25, -0.2) is 0 Å². The van der Waals surface area contributed by atoms with Gasteiger partial charge in [0.2, 0.25) is 0 Å². The summed E-state index contributed by atoms with van der Waals surface area (Å²) in [7, 11) is 0. The van der Waals surface area contributed by atoms with Gasteiger partial charge < -0.3 is 9.52 Å². The summed E-state index contributed by atoms with van der Waals surface area (Å²) in [5.41, 5.74) is 7.20. The van der Waals surface area contributed by atoms with Gasteiger partial charge in [0.15, 0.2) is 5.78 Å². The Hall–Kier alpha value is -3.60. The van der Waals surface area contributed by atoms with Crippen LogP contribution < -0.4 is 0 Å². The van der Waals surface area contributed by atoms with Gasteiger partial charge in [0, 0.05) is 73.1 Å². The van der Waals surface area contributed by atoms with E-state index in [1.807, 2.05) is 58.5 Å². The van der Waals surface area contributed by atoms with Crippen LogP contribution in [0.15, 0.2) is 83.4 Å². The minimum atomic E-state index is 0. The van der Waals surface area contributed by atoms with Crippen molar-refractivity contribution in [3.63, 3.8) is 0 Å². The second kappa shape index (κ2) is 17.9. The van der Waals surface area contributed by atoms with Crippen molar-refractivity contribution in [2.75, 3.05) is 0 Å². The maximum atomic E-state index is 11.7. The summed E-state index contributed by atoms with van der Waals surface area (Å²) in [6.45, 7) is 19.2. The van der Waals surface area contributed by atoms with E-state index in [0.717, 1.165) is 71.0 Å². The second-order valence-electron chi connectivity index (χ2n) is 14.2. The number of fused-ring (bicyclic) bond motifs is 2. The van der Waals surface area contributed by atoms with Gasteiger partial charge in [0.25, 0.3) is 0 Å².